The zero-order valence-corrected chi connectivity index (χ0v) is 12.9. The van der Waals surface area contributed by atoms with Crippen molar-refractivity contribution in [1.82, 2.24) is 10.2 Å². The van der Waals surface area contributed by atoms with E-state index < -0.39 is 0 Å². The molecule has 1 amide bonds. The smallest absolute Gasteiger partial charge is 0.237 e. The van der Waals surface area contributed by atoms with Crippen LogP contribution < -0.4 is 5.32 Å². The van der Waals surface area contributed by atoms with E-state index in [1.807, 2.05) is 0 Å². The number of thioether (sulfide) groups is 1. The summed E-state index contributed by atoms with van der Waals surface area (Å²) in [6.07, 6.45) is 0. The number of aromatic nitrogens is 2. The molecule has 0 saturated carbocycles. The summed E-state index contributed by atoms with van der Waals surface area (Å²) in [5.41, 5.74) is 2.17. The van der Waals surface area contributed by atoms with Crippen LogP contribution in [0.1, 0.15) is 6.92 Å². The fraction of sp³-hybridized carbons (Fsp3) is 0.182. The van der Waals surface area contributed by atoms with Gasteiger partial charge in [-0.2, -0.15) is 0 Å². The van der Waals surface area contributed by atoms with Gasteiger partial charge >= 0.3 is 0 Å². The molecule has 1 heterocycles. The van der Waals surface area contributed by atoms with Gasteiger partial charge in [0.05, 0.1) is 16.0 Å². The van der Waals surface area contributed by atoms with Gasteiger partial charge in [0.1, 0.15) is 5.51 Å². The van der Waals surface area contributed by atoms with Crippen molar-refractivity contribution < 1.29 is 4.79 Å². The Hall–Kier alpha value is -0.820. The first-order chi connectivity index (χ1) is 9.06. The summed E-state index contributed by atoms with van der Waals surface area (Å²) in [4.78, 5) is 12.0. The third-order valence-electron chi connectivity index (χ3n) is 2.18. The van der Waals surface area contributed by atoms with Crippen LogP contribution in [0.2, 0.25) is 10.0 Å². The van der Waals surface area contributed by atoms with Crippen molar-refractivity contribution >= 4 is 57.9 Å². The molecule has 0 aliphatic rings. The number of rotatable bonds is 4. The first-order valence-electron chi connectivity index (χ1n) is 5.25. The van der Waals surface area contributed by atoms with Crippen molar-refractivity contribution in [3.8, 4) is 0 Å². The summed E-state index contributed by atoms with van der Waals surface area (Å²) >= 11 is 14.5. The fourth-order valence-corrected chi connectivity index (χ4v) is 3.33. The number of benzene rings is 1. The zero-order chi connectivity index (χ0) is 13.8. The molecule has 8 heteroatoms. The van der Waals surface area contributed by atoms with Crippen LogP contribution in [-0.4, -0.2) is 21.4 Å². The molecule has 2 aromatic rings. The highest BCUT2D eigenvalue weighted by Gasteiger charge is 2.17. The van der Waals surface area contributed by atoms with Crippen LogP contribution in [0.25, 0.3) is 0 Å². The quantitative estimate of drug-likeness (QED) is 0.860. The highest BCUT2D eigenvalue weighted by molar-refractivity contribution is 8.02. The van der Waals surface area contributed by atoms with Gasteiger partial charge in [0.2, 0.25) is 5.91 Å². The zero-order valence-electron chi connectivity index (χ0n) is 9.76. The Morgan fingerprint density at radius 1 is 1.47 bits per heavy atom. The molecule has 0 aliphatic carbocycles. The predicted octanol–water partition coefficient (Wildman–Crippen LogP) is 3.96. The Balaban J connectivity index is 2.00. The van der Waals surface area contributed by atoms with Crippen molar-refractivity contribution in [2.75, 3.05) is 5.32 Å². The topological polar surface area (TPSA) is 54.9 Å². The maximum absolute atomic E-state index is 12.0. The van der Waals surface area contributed by atoms with Crippen LogP contribution in [0.3, 0.4) is 0 Å². The Bertz CT molecular complexity index is 577. The van der Waals surface area contributed by atoms with Crippen LogP contribution >= 0.6 is 46.3 Å². The number of hydrogen-bond donors (Lipinski definition) is 1. The molecule has 100 valence electrons. The number of carbonyl (C=O) groups excluding carboxylic acids is 1. The summed E-state index contributed by atoms with van der Waals surface area (Å²) in [5.74, 6) is -0.149. The van der Waals surface area contributed by atoms with E-state index in [0.717, 1.165) is 4.34 Å². The van der Waals surface area contributed by atoms with Crippen molar-refractivity contribution in [2.45, 2.75) is 16.5 Å². The molecule has 19 heavy (non-hydrogen) atoms. The maximum atomic E-state index is 12.0. The third kappa shape index (κ3) is 4.07. The molecule has 0 spiro atoms. The highest BCUT2D eigenvalue weighted by atomic mass is 35.5. The Kier molecular flexibility index (Phi) is 5.04. The highest BCUT2D eigenvalue weighted by Crippen LogP contribution is 2.28. The van der Waals surface area contributed by atoms with E-state index in [2.05, 4.69) is 15.5 Å². The number of anilines is 1. The van der Waals surface area contributed by atoms with Gasteiger partial charge in [-0.25, -0.2) is 0 Å². The molecule has 0 aliphatic heterocycles. The summed E-state index contributed by atoms with van der Waals surface area (Å²) < 4.78 is 0.754. The minimum absolute atomic E-state index is 0.149. The van der Waals surface area contributed by atoms with Crippen molar-refractivity contribution in [1.29, 1.82) is 0 Å². The first kappa shape index (κ1) is 14.6. The van der Waals surface area contributed by atoms with Crippen LogP contribution in [0.5, 0.6) is 0 Å². The van der Waals surface area contributed by atoms with E-state index in [4.69, 9.17) is 23.2 Å². The lowest BCUT2D eigenvalue weighted by molar-refractivity contribution is -0.115. The molecule has 0 fully saturated rings. The second kappa shape index (κ2) is 6.56. The van der Waals surface area contributed by atoms with Gasteiger partial charge < -0.3 is 5.32 Å². The molecule has 4 nitrogen and oxygen atoms in total. The molecule has 1 unspecified atom stereocenters. The Morgan fingerprint density at radius 3 is 2.89 bits per heavy atom. The van der Waals surface area contributed by atoms with Gasteiger partial charge in [-0.15, -0.1) is 10.2 Å². The lowest BCUT2D eigenvalue weighted by Gasteiger charge is -2.11. The molecule has 1 aromatic carbocycles. The molecule has 1 atom stereocenters. The number of halogens is 2. The van der Waals surface area contributed by atoms with E-state index in [0.29, 0.717) is 15.7 Å². The minimum Gasteiger partial charge on any atom is -0.324 e. The summed E-state index contributed by atoms with van der Waals surface area (Å²) in [6, 6.07) is 4.93. The predicted molar refractivity (Wildman–Crippen MR) is 80.3 cm³/mol. The number of nitrogens with one attached hydrogen (secondary N) is 1. The molecule has 0 radical (unpaired) electrons. The van der Waals surface area contributed by atoms with Crippen molar-refractivity contribution in [3.63, 3.8) is 0 Å². The number of hydrogen-bond acceptors (Lipinski definition) is 5. The molecular formula is C11H9Cl2N3OS2. The van der Waals surface area contributed by atoms with E-state index in [1.165, 1.54) is 23.1 Å². The average molecular weight is 334 g/mol. The SMILES string of the molecule is CC(Sc1nncs1)C(=O)Nc1ccc(Cl)cc1Cl. The largest absolute Gasteiger partial charge is 0.324 e. The second-order valence-corrected chi connectivity index (χ2v) is 6.84. The van der Waals surface area contributed by atoms with E-state index >= 15 is 0 Å². The molecule has 2 rings (SSSR count). The molecule has 0 saturated heterocycles. The van der Waals surface area contributed by atoms with Crippen LogP contribution in [0, 0.1) is 0 Å². The molecule has 1 N–H and O–H groups in total. The van der Waals surface area contributed by atoms with Gasteiger partial charge in [-0.05, 0) is 25.1 Å². The van der Waals surface area contributed by atoms with Gasteiger partial charge in [0.15, 0.2) is 4.34 Å². The van der Waals surface area contributed by atoms with Crippen molar-refractivity contribution in [3.05, 3.63) is 33.8 Å². The normalized spacial score (nSPS) is 12.2. The van der Waals surface area contributed by atoms with Gasteiger partial charge in [-0.3, -0.25) is 4.79 Å². The van der Waals surface area contributed by atoms with E-state index in [9.17, 15) is 4.79 Å². The van der Waals surface area contributed by atoms with Crippen molar-refractivity contribution in [2.24, 2.45) is 0 Å². The second-order valence-electron chi connectivity index (χ2n) is 3.58. The first-order valence-corrected chi connectivity index (χ1v) is 7.76. The van der Waals surface area contributed by atoms with Crippen LogP contribution in [0.15, 0.2) is 28.0 Å². The Morgan fingerprint density at radius 2 is 2.26 bits per heavy atom. The number of carbonyl (C=O) groups is 1. The lowest BCUT2D eigenvalue weighted by Crippen LogP contribution is -2.22. The summed E-state index contributed by atoms with van der Waals surface area (Å²) in [5, 5.41) is 11.0. The number of nitrogens with zero attached hydrogens (tertiary/aromatic N) is 2. The maximum Gasteiger partial charge on any atom is 0.237 e. The van der Waals surface area contributed by atoms with E-state index in [1.54, 1.807) is 30.6 Å². The summed E-state index contributed by atoms with van der Waals surface area (Å²) in [6.45, 7) is 1.80. The third-order valence-corrected chi connectivity index (χ3v) is 4.63. The summed E-state index contributed by atoms with van der Waals surface area (Å²) in [7, 11) is 0. The average Bonchev–Trinajstić information content (AvgIpc) is 2.85. The van der Waals surface area contributed by atoms with E-state index in [-0.39, 0.29) is 11.2 Å². The van der Waals surface area contributed by atoms with Crippen LogP contribution in [0.4, 0.5) is 5.69 Å². The molecule has 1 aromatic heterocycles. The Labute approximate surface area is 128 Å². The monoisotopic (exact) mass is 333 g/mol. The lowest BCUT2D eigenvalue weighted by atomic mass is 10.3. The van der Waals surface area contributed by atoms with Gasteiger partial charge in [0, 0.05) is 5.02 Å². The number of amides is 1. The molecule has 0 bridgehead atoms. The van der Waals surface area contributed by atoms with Crippen LogP contribution in [-0.2, 0) is 4.79 Å². The van der Waals surface area contributed by atoms with Gasteiger partial charge in [0.25, 0.3) is 0 Å². The molecular weight excluding hydrogens is 325 g/mol. The van der Waals surface area contributed by atoms with Gasteiger partial charge in [-0.1, -0.05) is 46.3 Å². The minimum atomic E-state index is -0.292. The fourth-order valence-electron chi connectivity index (χ4n) is 1.24. The standard InChI is InChI=1S/C11H9Cl2N3OS2/c1-6(19-11-16-14-5-18-11)10(17)15-9-3-2-7(12)4-8(9)13/h2-6H,1H3,(H,15,17).